The van der Waals surface area contributed by atoms with Gasteiger partial charge in [-0.2, -0.15) is 0 Å². The molecule has 0 unspecified atom stereocenters. The SMILES string of the molecule is C=C(C)C=C([CH2-])C.C[SiH]C.[Cl][Ti][Cl]. The van der Waals surface area contributed by atoms with E-state index in [1.165, 1.54) is 0 Å². The molecule has 0 aliphatic rings. The van der Waals surface area contributed by atoms with Gasteiger partial charge in [-0.05, 0) is 0 Å². The van der Waals surface area contributed by atoms with Crippen molar-refractivity contribution >= 4 is 28.1 Å². The number of rotatable bonds is 1. The monoisotopic (exact) mass is 272 g/mol. The fourth-order valence-electron chi connectivity index (χ4n) is 0.421. The predicted molar refractivity (Wildman–Crippen MR) is 64.5 cm³/mol. The molecule has 0 saturated heterocycles. The van der Waals surface area contributed by atoms with Gasteiger partial charge in [0.2, 0.25) is 0 Å². The fourth-order valence-corrected chi connectivity index (χ4v) is 0.421. The van der Waals surface area contributed by atoms with Crippen molar-refractivity contribution in [2.45, 2.75) is 26.9 Å². The second-order valence-electron chi connectivity index (χ2n) is 2.49. The molecule has 13 heavy (non-hydrogen) atoms. The van der Waals surface area contributed by atoms with Gasteiger partial charge in [-0.1, -0.05) is 26.9 Å². The molecule has 0 nitrogen and oxygen atoms in total. The van der Waals surface area contributed by atoms with Crippen LogP contribution >= 0.6 is 18.6 Å². The Hall–Kier alpha value is 0.861. The Bertz CT molecular complexity index is 130. The van der Waals surface area contributed by atoms with E-state index in [0.29, 0.717) is 0 Å². The van der Waals surface area contributed by atoms with Crippen molar-refractivity contribution in [1.29, 1.82) is 0 Å². The van der Waals surface area contributed by atoms with Crippen LogP contribution in [0.2, 0.25) is 13.1 Å². The minimum absolute atomic E-state index is 0.556. The zero-order valence-corrected chi connectivity index (χ0v) is 13.1. The van der Waals surface area contributed by atoms with E-state index in [1.54, 1.807) is 0 Å². The first-order valence-corrected chi connectivity index (χ1v) is 10.4. The fraction of sp³-hybridized carbons (Fsp3) is 0.444. The van der Waals surface area contributed by atoms with E-state index in [-0.39, 0.29) is 0 Å². The summed E-state index contributed by atoms with van der Waals surface area (Å²) >= 11 is -0.556. The first-order chi connectivity index (χ1) is 5.95. The summed E-state index contributed by atoms with van der Waals surface area (Å²) in [7, 11) is 10.5. The number of hydrogen-bond donors (Lipinski definition) is 0. The van der Waals surface area contributed by atoms with Gasteiger partial charge < -0.3 is 0 Å². The van der Waals surface area contributed by atoms with Gasteiger partial charge in [-0.15, -0.1) is 12.2 Å². The molecule has 0 heterocycles. The molecule has 0 atom stereocenters. The molecule has 0 rings (SSSR count). The minimum atomic E-state index is -0.556. The maximum atomic E-state index is 4.89. The van der Waals surface area contributed by atoms with Crippen LogP contribution in [0.1, 0.15) is 13.8 Å². The zero-order chi connectivity index (χ0) is 11.3. The van der Waals surface area contributed by atoms with Crippen molar-refractivity contribution in [3.63, 3.8) is 0 Å². The molecule has 0 aromatic carbocycles. The van der Waals surface area contributed by atoms with Gasteiger partial charge in [0.25, 0.3) is 0 Å². The molecule has 0 aliphatic heterocycles. The third kappa shape index (κ3) is 64.2. The Morgan fingerprint density at radius 3 is 1.62 bits per heavy atom. The van der Waals surface area contributed by atoms with Crippen molar-refractivity contribution in [2.24, 2.45) is 0 Å². The quantitative estimate of drug-likeness (QED) is 0.381. The molecule has 0 aromatic rings. The average molecular weight is 273 g/mol. The first-order valence-electron chi connectivity index (χ1n) is 3.82. The van der Waals surface area contributed by atoms with E-state index >= 15 is 0 Å². The summed E-state index contributed by atoms with van der Waals surface area (Å²) in [5, 5.41) is 0. The molecule has 0 bridgehead atoms. The van der Waals surface area contributed by atoms with E-state index < -0.39 is 17.0 Å². The van der Waals surface area contributed by atoms with Gasteiger partial charge in [0.1, 0.15) is 0 Å². The van der Waals surface area contributed by atoms with Gasteiger partial charge in [0.05, 0.1) is 0 Å². The van der Waals surface area contributed by atoms with Crippen LogP contribution in [0.15, 0.2) is 23.8 Å². The Balaban J connectivity index is -0.000000140. The molecule has 0 amide bonds. The molecule has 0 aromatic heterocycles. The van der Waals surface area contributed by atoms with E-state index in [9.17, 15) is 0 Å². The van der Waals surface area contributed by atoms with Gasteiger partial charge >= 0.3 is 35.6 Å². The average Bonchev–Trinajstić information content (AvgIpc) is 1.86. The third-order valence-electron chi connectivity index (χ3n) is 0.493. The molecule has 0 aliphatic carbocycles. The molecule has 0 saturated carbocycles. The Labute approximate surface area is 102 Å². The van der Waals surface area contributed by atoms with Gasteiger partial charge in [-0.25, -0.2) is 18.6 Å². The second kappa shape index (κ2) is 18.6. The third-order valence-corrected chi connectivity index (χ3v) is 0.493. The second-order valence-corrected chi connectivity index (χ2v) is 6.22. The van der Waals surface area contributed by atoms with Crippen LogP contribution in [0.5, 0.6) is 0 Å². The van der Waals surface area contributed by atoms with Crippen LogP contribution in [0.3, 0.4) is 0 Å². The molecule has 1 radical (unpaired) electrons. The molecule has 77 valence electrons. The maximum absolute atomic E-state index is 4.89. The van der Waals surface area contributed by atoms with Crippen LogP contribution in [0.25, 0.3) is 0 Å². The summed E-state index contributed by atoms with van der Waals surface area (Å²) < 4.78 is 0. The molecular weight excluding hydrogens is 255 g/mol. The van der Waals surface area contributed by atoms with Crippen molar-refractivity contribution < 1.29 is 17.0 Å². The normalized spacial score (nSPS) is 8.62. The van der Waals surface area contributed by atoms with E-state index in [2.05, 4.69) is 26.6 Å². The summed E-state index contributed by atoms with van der Waals surface area (Å²) in [6, 6.07) is 0. The number of hydrogen-bond acceptors (Lipinski definition) is 0. The predicted octanol–water partition coefficient (Wildman–Crippen LogP) is 4.24. The molecular formula is C9H18Cl2SiTi-. The van der Waals surface area contributed by atoms with Crippen LogP contribution in [0.4, 0.5) is 0 Å². The van der Waals surface area contributed by atoms with Crippen molar-refractivity contribution in [2.75, 3.05) is 0 Å². The standard InChI is InChI=1S/C7H11.C2H7Si.2ClH.Ti/c1-6(2)5-7(3)4;1-3-2;;;/h5H,1,3H2,2,4H3;3H,1-2H3;2*1H;/q-1;;;;+2/p-2. The van der Waals surface area contributed by atoms with Crippen LogP contribution in [-0.4, -0.2) is 9.52 Å². The summed E-state index contributed by atoms with van der Waals surface area (Å²) in [6.07, 6.45) is 1.94. The van der Waals surface area contributed by atoms with Crippen LogP contribution in [-0.2, 0) is 17.0 Å². The van der Waals surface area contributed by atoms with Gasteiger partial charge in [0, 0.05) is 9.52 Å². The van der Waals surface area contributed by atoms with Crippen molar-refractivity contribution in [3.05, 3.63) is 30.7 Å². The summed E-state index contributed by atoms with van der Waals surface area (Å²) in [5.74, 6) is 0. The Kier molecular flexibility index (Phi) is 27.8. The molecule has 0 N–H and O–H groups in total. The Morgan fingerprint density at radius 2 is 1.62 bits per heavy atom. The summed E-state index contributed by atoms with van der Waals surface area (Å²) in [5.41, 5.74) is 2.12. The number of allylic oxidation sites excluding steroid dienone is 3. The van der Waals surface area contributed by atoms with Gasteiger partial charge in [0.15, 0.2) is 0 Å². The van der Waals surface area contributed by atoms with Crippen LogP contribution < -0.4 is 0 Å². The van der Waals surface area contributed by atoms with Crippen LogP contribution in [0, 0.1) is 6.92 Å². The van der Waals surface area contributed by atoms with E-state index in [1.807, 2.05) is 19.9 Å². The van der Waals surface area contributed by atoms with Crippen molar-refractivity contribution in [1.82, 2.24) is 0 Å². The van der Waals surface area contributed by atoms with Crippen molar-refractivity contribution in [3.8, 4) is 0 Å². The molecule has 0 fully saturated rings. The topological polar surface area (TPSA) is 0 Å². The molecule has 0 spiro atoms. The molecule has 4 heteroatoms. The number of halogens is 2. The van der Waals surface area contributed by atoms with E-state index in [4.69, 9.17) is 18.6 Å². The first kappa shape index (κ1) is 19.4. The zero-order valence-electron chi connectivity index (χ0n) is 8.82. The summed E-state index contributed by atoms with van der Waals surface area (Å²) in [4.78, 5) is 0. The summed E-state index contributed by atoms with van der Waals surface area (Å²) in [6.45, 7) is 15.7. The van der Waals surface area contributed by atoms with E-state index in [0.717, 1.165) is 20.7 Å². The Morgan fingerprint density at radius 1 is 1.38 bits per heavy atom. The van der Waals surface area contributed by atoms with Gasteiger partial charge in [-0.3, -0.25) is 0 Å².